The minimum Gasteiger partial charge on any atom is -0.317 e. The van der Waals surface area contributed by atoms with Gasteiger partial charge in [-0.15, -0.1) is 10.2 Å². The van der Waals surface area contributed by atoms with Gasteiger partial charge in [0.2, 0.25) is 10.0 Å². The molecule has 0 bridgehead atoms. The second-order valence-electron chi connectivity index (χ2n) is 4.56. The molecule has 0 fully saturated rings. The molecule has 10 heteroatoms. The van der Waals surface area contributed by atoms with E-state index in [1.165, 1.54) is 25.4 Å². The Labute approximate surface area is 127 Å². The van der Waals surface area contributed by atoms with Crippen LogP contribution in [0.2, 0.25) is 0 Å². The Hall–Kier alpha value is -2.33. The van der Waals surface area contributed by atoms with E-state index in [2.05, 4.69) is 14.9 Å². The van der Waals surface area contributed by atoms with Crippen molar-refractivity contribution in [2.24, 2.45) is 0 Å². The maximum atomic E-state index is 12.3. The number of nitro benzene ring substituents is 1. The van der Waals surface area contributed by atoms with E-state index in [0.29, 0.717) is 17.9 Å². The highest BCUT2D eigenvalue weighted by molar-refractivity contribution is 7.89. The van der Waals surface area contributed by atoms with E-state index in [1.807, 2.05) is 6.92 Å². The summed E-state index contributed by atoms with van der Waals surface area (Å²) in [5.41, 5.74) is 0.154. The zero-order valence-corrected chi connectivity index (χ0v) is 12.9. The monoisotopic (exact) mass is 325 g/mol. The molecule has 0 aliphatic heterocycles. The third-order valence-corrected chi connectivity index (χ3v) is 4.68. The van der Waals surface area contributed by atoms with Gasteiger partial charge in [-0.3, -0.25) is 10.1 Å². The average Bonchev–Trinajstić information content (AvgIpc) is 2.92. The summed E-state index contributed by atoms with van der Waals surface area (Å²) < 4.78 is 28.7. The number of sulfonamides is 1. The fourth-order valence-electron chi connectivity index (χ4n) is 1.97. The van der Waals surface area contributed by atoms with Crippen LogP contribution in [0.15, 0.2) is 29.4 Å². The summed E-state index contributed by atoms with van der Waals surface area (Å²) >= 11 is 0. The van der Waals surface area contributed by atoms with Crippen LogP contribution in [-0.2, 0) is 23.1 Å². The van der Waals surface area contributed by atoms with Crippen molar-refractivity contribution < 1.29 is 13.3 Å². The topological polar surface area (TPSA) is 120 Å². The van der Waals surface area contributed by atoms with Crippen LogP contribution in [0.25, 0.3) is 0 Å². The molecule has 0 spiro atoms. The van der Waals surface area contributed by atoms with E-state index in [-0.39, 0.29) is 17.1 Å². The van der Waals surface area contributed by atoms with Gasteiger partial charge in [-0.1, -0.05) is 0 Å². The first-order chi connectivity index (χ1) is 10.3. The molecule has 0 aliphatic carbocycles. The molecule has 2 aromatic rings. The van der Waals surface area contributed by atoms with Gasteiger partial charge in [0.05, 0.1) is 16.4 Å². The summed E-state index contributed by atoms with van der Waals surface area (Å²) in [6.45, 7) is 4.02. The van der Waals surface area contributed by atoms with Crippen LogP contribution in [0.3, 0.4) is 0 Å². The van der Waals surface area contributed by atoms with E-state index in [4.69, 9.17) is 0 Å². The lowest BCUT2D eigenvalue weighted by atomic mass is 10.2. The molecule has 1 N–H and O–H groups in total. The summed E-state index contributed by atoms with van der Waals surface area (Å²) in [7, 11) is -3.79. The van der Waals surface area contributed by atoms with Crippen molar-refractivity contribution in [1.82, 2.24) is 19.5 Å². The Morgan fingerprint density at radius 3 is 2.73 bits per heavy atom. The number of benzene rings is 1. The highest BCUT2D eigenvalue weighted by Crippen LogP contribution is 2.21. The molecular formula is C12H15N5O4S. The van der Waals surface area contributed by atoms with E-state index in [9.17, 15) is 18.5 Å². The van der Waals surface area contributed by atoms with Gasteiger partial charge in [0.15, 0.2) is 0 Å². The second-order valence-corrected chi connectivity index (χ2v) is 6.30. The lowest BCUT2D eigenvalue weighted by molar-refractivity contribution is -0.385. The summed E-state index contributed by atoms with van der Waals surface area (Å²) in [6, 6.07) is 3.61. The van der Waals surface area contributed by atoms with Crippen LogP contribution in [0.1, 0.15) is 18.3 Å². The van der Waals surface area contributed by atoms with Gasteiger partial charge in [-0.05, 0) is 25.5 Å². The highest BCUT2D eigenvalue weighted by Gasteiger charge is 2.20. The molecule has 0 saturated carbocycles. The lowest BCUT2D eigenvalue weighted by Crippen LogP contribution is -2.25. The van der Waals surface area contributed by atoms with Crippen LogP contribution in [-0.4, -0.2) is 28.1 Å². The van der Waals surface area contributed by atoms with Crippen LogP contribution in [0, 0.1) is 17.0 Å². The maximum Gasteiger partial charge on any atom is 0.269 e. The zero-order valence-electron chi connectivity index (χ0n) is 12.1. The number of nitrogens with zero attached hydrogens (tertiary/aromatic N) is 4. The third kappa shape index (κ3) is 3.28. The Balaban J connectivity index is 2.22. The molecule has 0 unspecified atom stereocenters. The molecule has 0 radical (unpaired) electrons. The number of aromatic nitrogens is 3. The molecule has 0 atom stereocenters. The fraction of sp³-hybridized carbons (Fsp3) is 0.333. The molecule has 22 heavy (non-hydrogen) atoms. The number of aryl methyl sites for hydroxylation is 2. The number of hydrogen-bond acceptors (Lipinski definition) is 6. The lowest BCUT2D eigenvalue weighted by Gasteiger charge is -2.09. The molecule has 0 aliphatic rings. The normalized spacial score (nSPS) is 11.5. The minimum absolute atomic E-state index is 0.000615. The zero-order chi connectivity index (χ0) is 16.3. The Morgan fingerprint density at radius 2 is 2.14 bits per heavy atom. The van der Waals surface area contributed by atoms with Gasteiger partial charge in [-0.2, -0.15) is 0 Å². The SMILES string of the molecule is CCn1cnnc1CNS(=O)(=O)c1ccc([N+](=O)[O-])cc1C. The summed E-state index contributed by atoms with van der Waals surface area (Å²) in [5, 5.41) is 18.2. The van der Waals surface area contributed by atoms with Crippen molar-refractivity contribution in [3.05, 3.63) is 46.0 Å². The van der Waals surface area contributed by atoms with Gasteiger partial charge in [-0.25, -0.2) is 13.1 Å². The Morgan fingerprint density at radius 1 is 1.41 bits per heavy atom. The van der Waals surface area contributed by atoms with Crippen molar-refractivity contribution in [3.63, 3.8) is 0 Å². The average molecular weight is 325 g/mol. The molecule has 1 aromatic carbocycles. The summed E-state index contributed by atoms with van der Waals surface area (Å²) in [4.78, 5) is 10.1. The van der Waals surface area contributed by atoms with Gasteiger partial charge >= 0.3 is 0 Å². The molecular weight excluding hydrogens is 310 g/mol. The van der Waals surface area contributed by atoms with E-state index < -0.39 is 14.9 Å². The van der Waals surface area contributed by atoms with Crippen molar-refractivity contribution >= 4 is 15.7 Å². The molecule has 118 valence electrons. The number of nitro groups is 1. The largest absolute Gasteiger partial charge is 0.317 e. The molecule has 0 amide bonds. The number of rotatable bonds is 6. The number of hydrogen-bond donors (Lipinski definition) is 1. The fourth-order valence-corrected chi connectivity index (χ4v) is 3.17. The number of non-ortho nitro benzene ring substituents is 1. The van der Waals surface area contributed by atoms with E-state index in [0.717, 1.165) is 6.07 Å². The van der Waals surface area contributed by atoms with Crippen molar-refractivity contribution in [2.45, 2.75) is 31.8 Å². The highest BCUT2D eigenvalue weighted by atomic mass is 32.2. The summed E-state index contributed by atoms with van der Waals surface area (Å²) in [6.07, 6.45) is 1.51. The van der Waals surface area contributed by atoms with Crippen LogP contribution >= 0.6 is 0 Å². The maximum absolute atomic E-state index is 12.3. The standard InChI is InChI=1S/C12H15N5O4S/c1-3-16-8-13-15-12(16)7-14-22(20,21)11-5-4-10(17(18)19)6-9(11)2/h4-6,8,14H,3,7H2,1-2H3. The first-order valence-corrected chi connectivity index (χ1v) is 7.95. The number of nitrogens with one attached hydrogen (secondary N) is 1. The smallest absolute Gasteiger partial charge is 0.269 e. The molecule has 9 nitrogen and oxygen atoms in total. The summed E-state index contributed by atoms with van der Waals surface area (Å²) in [5.74, 6) is 0.491. The van der Waals surface area contributed by atoms with Crippen LogP contribution < -0.4 is 4.72 Å². The molecule has 1 heterocycles. The third-order valence-electron chi connectivity index (χ3n) is 3.12. The predicted octanol–water partition coefficient (Wildman–Crippen LogP) is 0.993. The van der Waals surface area contributed by atoms with Gasteiger partial charge in [0.25, 0.3) is 5.69 Å². The van der Waals surface area contributed by atoms with Crippen molar-refractivity contribution in [1.29, 1.82) is 0 Å². The Kier molecular flexibility index (Phi) is 4.52. The first kappa shape index (κ1) is 16.0. The van der Waals surface area contributed by atoms with Gasteiger partial charge < -0.3 is 4.57 Å². The van der Waals surface area contributed by atoms with Gasteiger partial charge in [0, 0.05) is 18.7 Å². The minimum atomic E-state index is -3.79. The first-order valence-electron chi connectivity index (χ1n) is 6.46. The predicted molar refractivity (Wildman–Crippen MR) is 77.6 cm³/mol. The van der Waals surface area contributed by atoms with E-state index in [1.54, 1.807) is 4.57 Å². The molecule has 1 aromatic heterocycles. The quantitative estimate of drug-likeness (QED) is 0.624. The molecule has 2 rings (SSSR count). The van der Waals surface area contributed by atoms with Crippen molar-refractivity contribution in [3.8, 4) is 0 Å². The van der Waals surface area contributed by atoms with Crippen LogP contribution in [0.5, 0.6) is 0 Å². The van der Waals surface area contributed by atoms with Crippen LogP contribution in [0.4, 0.5) is 5.69 Å². The molecule has 0 saturated heterocycles. The van der Waals surface area contributed by atoms with E-state index >= 15 is 0 Å². The van der Waals surface area contributed by atoms with Gasteiger partial charge in [0.1, 0.15) is 12.2 Å². The Bertz CT molecular complexity index is 800. The van der Waals surface area contributed by atoms with Crippen molar-refractivity contribution in [2.75, 3.05) is 0 Å². The second kappa shape index (κ2) is 6.20.